The molecule has 2 aliphatic rings. The zero-order valence-corrected chi connectivity index (χ0v) is 11.6. The molecular weight excluding hydrogens is 234 g/mol. The van der Waals surface area contributed by atoms with E-state index in [4.69, 9.17) is 4.74 Å². The lowest BCUT2D eigenvalue weighted by Crippen LogP contribution is -2.45. The minimum atomic E-state index is 0.715. The molecule has 2 heteroatoms. The van der Waals surface area contributed by atoms with Gasteiger partial charge in [0.2, 0.25) is 0 Å². The summed E-state index contributed by atoms with van der Waals surface area (Å²) in [4.78, 5) is 0. The van der Waals surface area contributed by atoms with E-state index in [1.165, 1.54) is 37.7 Å². The molecule has 2 nitrogen and oxygen atoms in total. The van der Waals surface area contributed by atoms with E-state index in [0.29, 0.717) is 6.04 Å². The van der Waals surface area contributed by atoms with Gasteiger partial charge in [0, 0.05) is 12.1 Å². The Bertz CT molecular complexity index is 431. The highest BCUT2D eigenvalue weighted by atomic mass is 16.5. The third-order valence-electron chi connectivity index (χ3n) is 4.47. The first-order valence-electron chi connectivity index (χ1n) is 7.40. The molecule has 1 aromatic rings. The quantitative estimate of drug-likeness (QED) is 0.831. The largest absolute Gasteiger partial charge is 0.497 e. The minimum Gasteiger partial charge on any atom is -0.497 e. The zero-order chi connectivity index (χ0) is 13.1. The van der Waals surface area contributed by atoms with Gasteiger partial charge in [-0.25, -0.2) is 0 Å². The van der Waals surface area contributed by atoms with E-state index in [1.54, 1.807) is 7.11 Å². The van der Waals surface area contributed by atoms with Crippen molar-refractivity contribution in [2.45, 2.75) is 50.1 Å². The average Bonchev–Trinajstić information content (AvgIpc) is 2.44. The molecule has 102 valence electrons. The van der Waals surface area contributed by atoms with Gasteiger partial charge in [0.1, 0.15) is 5.75 Å². The fraction of sp³-hybridized carbons (Fsp3) is 0.529. The van der Waals surface area contributed by atoms with Crippen LogP contribution in [0.25, 0.3) is 0 Å². The first kappa shape index (κ1) is 12.7. The van der Waals surface area contributed by atoms with Gasteiger partial charge in [0.25, 0.3) is 0 Å². The molecule has 1 unspecified atom stereocenters. The SMILES string of the molecule is COc1ccc(C2CC(NC3CC=CCC3)C2)cc1. The third-order valence-corrected chi connectivity index (χ3v) is 4.47. The molecule has 0 bridgehead atoms. The second-order valence-electron chi connectivity index (χ2n) is 5.79. The molecule has 0 heterocycles. The van der Waals surface area contributed by atoms with Gasteiger partial charge < -0.3 is 10.1 Å². The average molecular weight is 257 g/mol. The van der Waals surface area contributed by atoms with Crippen LogP contribution in [0.3, 0.4) is 0 Å². The van der Waals surface area contributed by atoms with Crippen molar-refractivity contribution in [2.24, 2.45) is 0 Å². The van der Waals surface area contributed by atoms with Crippen LogP contribution in [0.1, 0.15) is 43.6 Å². The summed E-state index contributed by atoms with van der Waals surface area (Å²) in [5.41, 5.74) is 1.46. The van der Waals surface area contributed by atoms with Crippen LogP contribution in [0.2, 0.25) is 0 Å². The Labute approximate surface area is 115 Å². The van der Waals surface area contributed by atoms with Crippen molar-refractivity contribution in [3.05, 3.63) is 42.0 Å². The lowest BCUT2D eigenvalue weighted by Gasteiger charge is -2.39. The summed E-state index contributed by atoms with van der Waals surface area (Å²) in [5.74, 6) is 1.69. The summed E-state index contributed by atoms with van der Waals surface area (Å²) in [6.45, 7) is 0. The fourth-order valence-corrected chi connectivity index (χ4v) is 3.18. The van der Waals surface area contributed by atoms with Crippen molar-refractivity contribution in [1.29, 1.82) is 0 Å². The van der Waals surface area contributed by atoms with Gasteiger partial charge in [-0.15, -0.1) is 0 Å². The molecule has 1 fully saturated rings. The van der Waals surface area contributed by atoms with E-state index in [2.05, 4.69) is 41.7 Å². The molecule has 0 saturated heterocycles. The van der Waals surface area contributed by atoms with Crippen molar-refractivity contribution < 1.29 is 4.74 Å². The predicted molar refractivity (Wildman–Crippen MR) is 78.7 cm³/mol. The molecular formula is C17H23NO. The minimum absolute atomic E-state index is 0.715. The molecule has 1 N–H and O–H groups in total. The molecule has 19 heavy (non-hydrogen) atoms. The number of hydrogen-bond donors (Lipinski definition) is 1. The zero-order valence-electron chi connectivity index (χ0n) is 11.6. The van der Waals surface area contributed by atoms with Crippen LogP contribution in [0.5, 0.6) is 5.75 Å². The van der Waals surface area contributed by atoms with Crippen LogP contribution in [0.4, 0.5) is 0 Å². The monoisotopic (exact) mass is 257 g/mol. The van der Waals surface area contributed by atoms with Crippen LogP contribution in [-0.2, 0) is 0 Å². The summed E-state index contributed by atoms with van der Waals surface area (Å²) >= 11 is 0. The Morgan fingerprint density at radius 2 is 1.84 bits per heavy atom. The van der Waals surface area contributed by atoms with E-state index in [-0.39, 0.29) is 0 Å². The van der Waals surface area contributed by atoms with Crippen LogP contribution in [0.15, 0.2) is 36.4 Å². The first-order chi connectivity index (χ1) is 9.35. The highest BCUT2D eigenvalue weighted by molar-refractivity contribution is 5.31. The summed E-state index contributed by atoms with van der Waals surface area (Å²) in [6, 6.07) is 10.0. The predicted octanol–water partition coefficient (Wildman–Crippen LogP) is 3.64. The van der Waals surface area contributed by atoms with Crippen LogP contribution >= 0.6 is 0 Å². The van der Waals surface area contributed by atoms with Crippen molar-refractivity contribution in [3.63, 3.8) is 0 Å². The van der Waals surface area contributed by atoms with E-state index < -0.39 is 0 Å². The Balaban J connectivity index is 1.47. The van der Waals surface area contributed by atoms with Gasteiger partial charge in [-0.05, 0) is 55.7 Å². The molecule has 0 aromatic heterocycles. The topological polar surface area (TPSA) is 21.3 Å². The second kappa shape index (κ2) is 5.79. The summed E-state index contributed by atoms with van der Waals surface area (Å²) in [5, 5.41) is 3.80. The molecule has 0 radical (unpaired) electrons. The Morgan fingerprint density at radius 3 is 2.47 bits per heavy atom. The van der Waals surface area contributed by atoms with Crippen LogP contribution in [-0.4, -0.2) is 19.2 Å². The van der Waals surface area contributed by atoms with Gasteiger partial charge >= 0.3 is 0 Å². The van der Waals surface area contributed by atoms with Crippen molar-refractivity contribution in [2.75, 3.05) is 7.11 Å². The maximum absolute atomic E-state index is 5.20. The van der Waals surface area contributed by atoms with Gasteiger partial charge in [-0.1, -0.05) is 24.3 Å². The number of rotatable bonds is 4. The van der Waals surface area contributed by atoms with E-state index in [0.717, 1.165) is 17.7 Å². The van der Waals surface area contributed by atoms with Gasteiger partial charge in [0.05, 0.1) is 7.11 Å². The van der Waals surface area contributed by atoms with Crippen molar-refractivity contribution in [3.8, 4) is 5.75 Å². The number of ether oxygens (including phenoxy) is 1. The normalized spacial score (nSPS) is 29.8. The maximum atomic E-state index is 5.20. The number of allylic oxidation sites excluding steroid dienone is 1. The van der Waals surface area contributed by atoms with Gasteiger partial charge in [-0.2, -0.15) is 0 Å². The molecule has 1 saturated carbocycles. The Kier molecular flexibility index (Phi) is 3.88. The highest BCUT2D eigenvalue weighted by Crippen LogP contribution is 2.38. The molecule has 3 rings (SSSR count). The lowest BCUT2D eigenvalue weighted by atomic mass is 9.75. The third kappa shape index (κ3) is 3.01. The maximum Gasteiger partial charge on any atom is 0.118 e. The molecule has 0 spiro atoms. The van der Waals surface area contributed by atoms with Crippen molar-refractivity contribution in [1.82, 2.24) is 5.32 Å². The highest BCUT2D eigenvalue weighted by Gasteiger charge is 2.31. The summed E-state index contributed by atoms with van der Waals surface area (Å²) in [6.07, 6.45) is 11.0. The molecule has 2 aliphatic carbocycles. The van der Waals surface area contributed by atoms with E-state index in [9.17, 15) is 0 Å². The fourth-order valence-electron chi connectivity index (χ4n) is 3.18. The van der Waals surface area contributed by atoms with Crippen LogP contribution < -0.4 is 10.1 Å². The number of benzene rings is 1. The first-order valence-corrected chi connectivity index (χ1v) is 7.40. The van der Waals surface area contributed by atoms with Gasteiger partial charge in [-0.3, -0.25) is 0 Å². The standard InChI is InChI=1S/C17H23NO/c1-19-17-9-7-13(8-10-17)14-11-16(12-14)18-15-5-3-2-4-6-15/h2-3,7-10,14-16,18H,4-6,11-12H2,1H3. The molecule has 0 amide bonds. The molecule has 1 aromatic carbocycles. The summed E-state index contributed by atoms with van der Waals surface area (Å²) in [7, 11) is 1.72. The lowest BCUT2D eigenvalue weighted by molar-refractivity contribution is 0.257. The number of nitrogens with one attached hydrogen (secondary N) is 1. The van der Waals surface area contributed by atoms with Crippen LogP contribution in [0, 0.1) is 0 Å². The van der Waals surface area contributed by atoms with Gasteiger partial charge in [0.15, 0.2) is 0 Å². The van der Waals surface area contributed by atoms with E-state index in [1.807, 2.05) is 0 Å². The number of methoxy groups -OCH3 is 1. The number of hydrogen-bond acceptors (Lipinski definition) is 2. The Hall–Kier alpha value is -1.28. The molecule has 0 aliphatic heterocycles. The van der Waals surface area contributed by atoms with E-state index >= 15 is 0 Å². The summed E-state index contributed by atoms with van der Waals surface area (Å²) < 4.78 is 5.20. The molecule has 1 atom stereocenters. The smallest absolute Gasteiger partial charge is 0.118 e. The Morgan fingerprint density at radius 1 is 1.05 bits per heavy atom. The van der Waals surface area contributed by atoms with Crippen molar-refractivity contribution >= 4 is 0 Å². The second-order valence-corrected chi connectivity index (χ2v) is 5.79.